The Morgan fingerprint density at radius 1 is 0.871 bits per heavy atom. The Morgan fingerprint density at radius 2 is 1.55 bits per heavy atom. The van der Waals surface area contributed by atoms with E-state index < -0.39 is 11.8 Å². The molecule has 31 heavy (non-hydrogen) atoms. The minimum Gasteiger partial charge on any atom is -0.497 e. The third-order valence-corrected chi connectivity index (χ3v) is 5.17. The minimum absolute atomic E-state index is 0.141. The van der Waals surface area contributed by atoms with Gasteiger partial charge in [-0.25, -0.2) is 9.29 Å². The second-order valence-corrected chi connectivity index (χ2v) is 7.35. The summed E-state index contributed by atoms with van der Waals surface area (Å²) in [4.78, 5) is 28.1. The molecule has 0 atom stereocenters. The van der Waals surface area contributed by atoms with Crippen molar-refractivity contribution < 1.29 is 18.7 Å². The summed E-state index contributed by atoms with van der Waals surface area (Å²) < 4.78 is 18.5. The number of carbonyl (C=O) groups excluding carboxylic acids is 2. The number of methoxy groups -OCH3 is 1. The van der Waals surface area contributed by atoms with Crippen LogP contribution >= 0.6 is 0 Å². The lowest BCUT2D eigenvalue weighted by Crippen LogP contribution is -2.33. The molecule has 3 aromatic rings. The number of carbonyl (C=O) groups is 2. The number of benzene rings is 3. The number of nitrogens with one attached hydrogen (secondary N) is 1. The van der Waals surface area contributed by atoms with Gasteiger partial charge in [-0.05, 0) is 67.4 Å². The van der Waals surface area contributed by atoms with Crippen molar-refractivity contribution >= 4 is 28.8 Å². The molecule has 0 fully saturated rings. The van der Waals surface area contributed by atoms with Gasteiger partial charge in [-0.1, -0.05) is 29.8 Å². The molecular formula is C25H21FN2O3. The molecule has 0 saturated carbocycles. The van der Waals surface area contributed by atoms with Gasteiger partial charge in [-0.3, -0.25) is 9.59 Å². The first-order valence-electron chi connectivity index (χ1n) is 9.76. The second-order valence-electron chi connectivity index (χ2n) is 7.35. The van der Waals surface area contributed by atoms with E-state index in [1.165, 1.54) is 29.2 Å². The van der Waals surface area contributed by atoms with Gasteiger partial charge in [-0.15, -0.1) is 0 Å². The summed E-state index contributed by atoms with van der Waals surface area (Å²) in [6.07, 6.45) is 0. The predicted octanol–water partition coefficient (Wildman–Crippen LogP) is 4.85. The van der Waals surface area contributed by atoms with Crippen LogP contribution in [-0.4, -0.2) is 18.9 Å². The zero-order chi connectivity index (χ0) is 22.1. The zero-order valence-electron chi connectivity index (χ0n) is 17.4. The Balaban J connectivity index is 1.82. The normalized spacial score (nSPS) is 13.7. The van der Waals surface area contributed by atoms with Gasteiger partial charge in [0.05, 0.1) is 18.4 Å². The van der Waals surface area contributed by atoms with Crippen LogP contribution in [0.2, 0.25) is 0 Å². The fourth-order valence-electron chi connectivity index (χ4n) is 3.62. The second kappa shape index (κ2) is 8.07. The molecule has 1 aliphatic heterocycles. The van der Waals surface area contributed by atoms with E-state index in [1.54, 1.807) is 37.4 Å². The minimum atomic E-state index is -0.466. The molecule has 0 radical (unpaired) electrons. The molecule has 4 rings (SSSR count). The van der Waals surface area contributed by atoms with Crippen molar-refractivity contribution in [1.29, 1.82) is 0 Å². The predicted molar refractivity (Wildman–Crippen MR) is 118 cm³/mol. The van der Waals surface area contributed by atoms with Crippen LogP contribution in [0.25, 0.3) is 5.57 Å². The maximum Gasteiger partial charge on any atom is 0.282 e. The quantitative estimate of drug-likeness (QED) is 0.604. The summed E-state index contributed by atoms with van der Waals surface area (Å²) in [5, 5.41) is 3.03. The lowest BCUT2D eigenvalue weighted by atomic mass is 10.0. The van der Waals surface area contributed by atoms with E-state index >= 15 is 0 Å². The van der Waals surface area contributed by atoms with Crippen LogP contribution in [0.4, 0.5) is 15.8 Å². The number of halogens is 1. The number of ether oxygens (including phenoxy) is 1. The molecule has 0 spiro atoms. The number of nitrogens with zero attached hydrogens (tertiary/aromatic N) is 1. The van der Waals surface area contributed by atoms with Gasteiger partial charge in [0.2, 0.25) is 0 Å². The van der Waals surface area contributed by atoms with E-state index in [-0.39, 0.29) is 17.1 Å². The van der Waals surface area contributed by atoms with E-state index in [9.17, 15) is 14.0 Å². The summed E-state index contributed by atoms with van der Waals surface area (Å²) in [6.45, 7) is 3.81. The molecule has 1 aliphatic rings. The third kappa shape index (κ3) is 3.80. The van der Waals surface area contributed by atoms with Crippen LogP contribution in [0.1, 0.15) is 16.7 Å². The van der Waals surface area contributed by atoms with Crippen LogP contribution in [-0.2, 0) is 9.59 Å². The van der Waals surface area contributed by atoms with E-state index in [0.717, 1.165) is 11.1 Å². The molecule has 0 unspecified atom stereocenters. The monoisotopic (exact) mass is 416 g/mol. The van der Waals surface area contributed by atoms with Gasteiger partial charge in [0.25, 0.3) is 11.8 Å². The fraction of sp³-hybridized carbons (Fsp3) is 0.120. The van der Waals surface area contributed by atoms with Crippen LogP contribution in [0.5, 0.6) is 5.75 Å². The number of amides is 2. The van der Waals surface area contributed by atoms with Crippen LogP contribution in [0.3, 0.4) is 0 Å². The van der Waals surface area contributed by atoms with Crippen LogP contribution in [0.15, 0.2) is 72.4 Å². The van der Waals surface area contributed by atoms with Crippen molar-refractivity contribution in [3.05, 3.63) is 94.9 Å². The molecule has 3 aromatic carbocycles. The Morgan fingerprint density at radius 3 is 2.16 bits per heavy atom. The van der Waals surface area contributed by atoms with Gasteiger partial charge in [-0.2, -0.15) is 0 Å². The number of anilines is 2. The van der Waals surface area contributed by atoms with Crippen molar-refractivity contribution in [3.63, 3.8) is 0 Å². The highest BCUT2D eigenvalue weighted by Gasteiger charge is 2.40. The fourth-order valence-corrected chi connectivity index (χ4v) is 3.62. The maximum atomic E-state index is 13.5. The molecule has 5 nitrogen and oxygen atoms in total. The van der Waals surface area contributed by atoms with Crippen LogP contribution < -0.4 is 15.0 Å². The number of hydrogen-bond acceptors (Lipinski definition) is 4. The molecule has 0 aliphatic carbocycles. The van der Waals surface area contributed by atoms with Gasteiger partial charge in [0, 0.05) is 5.69 Å². The number of imide groups is 1. The largest absolute Gasteiger partial charge is 0.497 e. The molecule has 1 N–H and O–H groups in total. The SMILES string of the molecule is COc1ccc(C2=C(Nc3ccc(F)cc3)C(=O)N(c3ccc(C)cc3C)C2=O)cc1. The standard InChI is InChI=1S/C25H21FN2O3/c1-15-4-13-21(16(2)14-15)28-24(29)22(17-5-11-20(31-3)12-6-17)23(25(28)30)27-19-9-7-18(26)8-10-19/h4-14,27H,1-3H3. The van der Waals surface area contributed by atoms with Gasteiger partial charge >= 0.3 is 0 Å². The third-order valence-electron chi connectivity index (χ3n) is 5.17. The highest BCUT2D eigenvalue weighted by atomic mass is 19.1. The average molecular weight is 416 g/mol. The topological polar surface area (TPSA) is 58.6 Å². The molecule has 6 heteroatoms. The van der Waals surface area contributed by atoms with Crippen LogP contribution in [0, 0.1) is 19.7 Å². The molecule has 2 amide bonds. The molecular weight excluding hydrogens is 395 g/mol. The van der Waals surface area contributed by atoms with Gasteiger partial charge in [0.15, 0.2) is 0 Å². The first kappa shape index (κ1) is 20.3. The molecule has 1 heterocycles. The van der Waals surface area contributed by atoms with Crippen molar-refractivity contribution in [1.82, 2.24) is 0 Å². The van der Waals surface area contributed by atoms with Crippen molar-refractivity contribution in [3.8, 4) is 5.75 Å². The van der Waals surface area contributed by atoms with Crippen molar-refractivity contribution in [2.45, 2.75) is 13.8 Å². The first-order valence-corrected chi connectivity index (χ1v) is 9.76. The smallest absolute Gasteiger partial charge is 0.282 e. The van der Waals surface area contributed by atoms with Gasteiger partial charge < -0.3 is 10.1 Å². The summed E-state index contributed by atoms with van der Waals surface area (Å²) in [5.74, 6) is -0.639. The van der Waals surface area contributed by atoms with E-state index in [0.29, 0.717) is 22.7 Å². The van der Waals surface area contributed by atoms with Crippen molar-refractivity contribution in [2.75, 3.05) is 17.3 Å². The van der Waals surface area contributed by atoms with Crippen molar-refractivity contribution in [2.24, 2.45) is 0 Å². The Labute approximate surface area is 179 Å². The van der Waals surface area contributed by atoms with E-state index in [1.807, 2.05) is 26.0 Å². The summed E-state index contributed by atoms with van der Waals surface area (Å²) in [5.41, 5.74) is 3.86. The number of aryl methyl sites for hydroxylation is 2. The first-order chi connectivity index (χ1) is 14.9. The van der Waals surface area contributed by atoms with Gasteiger partial charge in [0.1, 0.15) is 17.3 Å². The summed E-state index contributed by atoms with van der Waals surface area (Å²) in [7, 11) is 1.56. The molecule has 156 valence electrons. The average Bonchev–Trinajstić information content (AvgIpc) is 2.99. The number of rotatable bonds is 5. The molecule has 0 aromatic heterocycles. The highest BCUT2D eigenvalue weighted by Crippen LogP contribution is 2.35. The maximum absolute atomic E-state index is 13.5. The Hall–Kier alpha value is -3.93. The Bertz CT molecular complexity index is 1200. The van der Waals surface area contributed by atoms with E-state index in [2.05, 4.69) is 5.32 Å². The molecule has 0 bridgehead atoms. The highest BCUT2D eigenvalue weighted by molar-refractivity contribution is 6.46. The number of hydrogen-bond donors (Lipinski definition) is 1. The summed E-state index contributed by atoms with van der Waals surface area (Å²) in [6, 6.07) is 18.1. The lowest BCUT2D eigenvalue weighted by molar-refractivity contribution is -0.120. The summed E-state index contributed by atoms with van der Waals surface area (Å²) >= 11 is 0. The Kier molecular flexibility index (Phi) is 5.29. The van der Waals surface area contributed by atoms with E-state index in [4.69, 9.17) is 4.74 Å². The zero-order valence-corrected chi connectivity index (χ0v) is 17.4. The lowest BCUT2D eigenvalue weighted by Gasteiger charge is -2.18. The molecule has 0 saturated heterocycles.